The van der Waals surface area contributed by atoms with Gasteiger partial charge in [0.25, 0.3) is 11.8 Å². The second kappa shape index (κ2) is 8.09. The van der Waals surface area contributed by atoms with Crippen molar-refractivity contribution in [3.8, 4) is 0 Å². The van der Waals surface area contributed by atoms with Gasteiger partial charge in [-0.1, -0.05) is 23.7 Å². The largest absolute Gasteiger partial charge is 0.353 e. The number of carbonyl (C=O) groups is 3. The van der Waals surface area contributed by atoms with E-state index in [1.54, 1.807) is 12.1 Å². The number of hydrogen-bond donors (Lipinski definition) is 2. The minimum absolute atomic E-state index is 0.00514. The predicted octanol–water partition coefficient (Wildman–Crippen LogP) is 1.03. The van der Waals surface area contributed by atoms with Gasteiger partial charge in [0.05, 0.1) is 16.0 Å². The van der Waals surface area contributed by atoms with Gasteiger partial charge in [0, 0.05) is 18.1 Å². The first kappa shape index (κ1) is 20.0. The van der Waals surface area contributed by atoms with E-state index < -0.39 is 34.3 Å². The van der Waals surface area contributed by atoms with E-state index in [2.05, 4.69) is 10.0 Å². The second-order valence-electron chi connectivity index (χ2n) is 5.94. The average molecular weight is 422 g/mol. The quantitative estimate of drug-likeness (QED) is 0.512. The number of nitrogens with zero attached hydrogens (tertiary/aromatic N) is 1. The SMILES string of the molecule is O=C(CN1C(=O)c2ccccc2C1=O)NCCNS(=O)(=O)c1ccc(Cl)cc1. The Bertz CT molecular complexity index is 1000. The number of nitrogens with one attached hydrogen (secondary N) is 2. The molecular formula is C18H16ClN3O5S. The summed E-state index contributed by atoms with van der Waals surface area (Å²) in [7, 11) is -3.73. The van der Waals surface area contributed by atoms with E-state index in [9.17, 15) is 22.8 Å². The molecule has 0 spiro atoms. The molecule has 3 amide bonds. The molecule has 2 N–H and O–H groups in total. The molecule has 0 aromatic heterocycles. The van der Waals surface area contributed by atoms with Crippen LogP contribution in [0.1, 0.15) is 20.7 Å². The number of rotatable bonds is 7. The molecule has 1 aliphatic rings. The van der Waals surface area contributed by atoms with Crippen LogP contribution in [-0.2, 0) is 14.8 Å². The van der Waals surface area contributed by atoms with E-state index >= 15 is 0 Å². The van der Waals surface area contributed by atoms with Crippen molar-refractivity contribution in [3.05, 3.63) is 64.7 Å². The topological polar surface area (TPSA) is 113 Å². The summed E-state index contributed by atoms with van der Waals surface area (Å²) in [5, 5.41) is 2.89. The van der Waals surface area contributed by atoms with E-state index in [0.717, 1.165) is 4.90 Å². The van der Waals surface area contributed by atoms with Crippen molar-refractivity contribution < 1.29 is 22.8 Å². The molecule has 146 valence electrons. The fourth-order valence-corrected chi connectivity index (χ4v) is 3.82. The van der Waals surface area contributed by atoms with Crippen molar-refractivity contribution in [2.75, 3.05) is 19.6 Å². The van der Waals surface area contributed by atoms with E-state index in [4.69, 9.17) is 11.6 Å². The Balaban J connectivity index is 1.48. The Hall–Kier alpha value is -2.75. The number of halogens is 1. The third kappa shape index (κ3) is 4.22. The lowest BCUT2D eigenvalue weighted by atomic mass is 10.1. The molecule has 8 nitrogen and oxygen atoms in total. The van der Waals surface area contributed by atoms with Crippen molar-refractivity contribution in [2.24, 2.45) is 0 Å². The van der Waals surface area contributed by atoms with Gasteiger partial charge in [-0.15, -0.1) is 0 Å². The molecule has 0 fully saturated rings. The standard InChI is InChI=1S/C18H16ClN3O5S/c19-12-5-7-13(8-6-12)28(26,27)21-10-9-20-16(23)11-22-17(24)14-3-1-2-4-15(14)18(22)25/h1-8,21H,9-11H2,(H,20,23). The molecule has 0 saturated heterocycles. The minimum Gasteiger partial charge on any atom is -0.353 e. The summed E-state index contributed by atoms with van der Waals surface area (Å²) >= 11 is 5.73. The van der Waals surface area contributed by atoms with Crippen LogP contribution in [0.25, 0.3) is 0 Å². The Morgan fingerprint density at radius 1 is 0.929 bits per heavy atom. The summed E-state index contributed by atoms with van der Waals surface area (Å²) in [6, 6.07) is 12.0. The number of fused-ring (bicyclic) bond motifs is 1. The van der Waals surface area contributed by atoms with Crippen molar-refractivity contribution >= 4 is 39.3 Å². The maximum Gasteiger partial charge on any atom is 0.262 e. The van der Waals surface area contributed by atoms with E-state index in [-0.39, 0.29) is 29.1 Å². The van der Waals surface area contributed by atoms with E-state index in [0.29, 0.717) is 5.02 Å². The van der Waals surface area contributed by atoms with Crippen molar-refractivity contribution in [3.63, 3.8) is 0 Å². The zero-order valence-electron chi connectivity index (χ0n) is 14.5. The van der Waals surface area contributed by atoms with Crippen molar-refractivity contribution in [1.82, 2.24) is 14.9 Å². The summed E-state index contributed by atoms with van der Waals surface area (Å²) < 4.78 is 26.6. The zero-order valence-corrected chi connectivity index (χ0v) is 16.1. The van der Waals surface area contributed by atoms with Crippen molar-refractivity contribution in [2.45, 2.75) is 4.90 Å². The Kier molecular flexibility index (Phi) is 5.78. The molecule has 0 radical (unpaired) electrons. The van der Waals surface area contributed by atoms with Crippen LogP contribution < -0.4 is 10.0 Å². The highest BCUT2D eigenvalue weighted by Crippen LogP contribution is 2.21. The molecule has 0 atom stereocenters. The van der Waals surface area contributed by atoms with Gasteiger partial charge in [-0.25, -0.2) is 13.1 Å². The Morgan fingerprint density at radius 2 is 1.50 bits per heavy atom. The first-order valence-corrected chi connectivity index (χ1v) is 10.1. The summed E-state index contributed by atoms with van der Waals surface area (Å²) in [5.74, 6) is -1.63. The monoisotopic (exact) mass is 421 g/mol. The summed E-state index contributed by atoms with van der Waals surface area (Å²) in [6.07, 6.45) is 0. The Morgan fingerprint density at radius 3 is 2.07 bits per heavy atom. The average Bonchev–Trinajstić information content (AvgIpc) is 2.91. The third-order valence-corrected chi connectivity index (χ3v) is 5.77. The van der Waals surface area contributed by atoms with Crippen molar-refractivity contribution in [1.29, 1.82) is 0 Å². The number of hydrogen-bond acceptors (Lipinski definition) is 5. The van der Waals surface area contributed by atoms with Gasteiger partial charge >= 0.3 is 0 Å². The van der Waals surface area contributed by atoms with Crippen LogP contribution in [0, 0.1) is 0 Å². The van der Waals surface area contributed by atoms with Gasteiger partial charge in [-0.2, -0.15) is 0 Å². The molecule has 0 aliphatic carbocycles. The van der Waals surface area contributed by atoms with Gasteiger partial charge < -0.3 is 5.32 Å². The summed E-state index contributed by atoms with van der Waals surface area (Å²) in [4.78, 5) is 37.4. The van der Waals surface area contributed by atoms with Crippen LogP contribution in [0.3, 0.4) is 0 Å². The van der Waals surface area contributed by atoms with Crippen LogP contribution in [-0.4, -0.2) is 50.7 Å². The first-order valence-electron chi connectivity index (χ1n) is 8.27. The number of sulfonamides is 1. The molecule has 0 saturated carbocycles. The first-order chi connectivity index (χ1) is 13.3. The summed E-state index contributed by atoms with van der Waals surface area (Å²) in [5.41, 5.74) is 0.520. The highest BCUT2D eigenvalue weighted by Gasteiger charge is 2.36. The molecule has 3 rings (SSSR count). The zero-order chi connectivity index (χ0) is 20.3. The summed E-state index contributed by atoms with van der Waals surface area (Å²) in [6.45, 7) is -0.496. The van der Waals surface area contributed by atoms with Crippen LogP contribution in [0.5, 0.6) is 0 Å². The second-order valence-corrected chi connectivity index (χ2v) is 8.15. The number of amides is 3. The Labute approximate surface area is 166 Å². The number of imide groups is 1. The van der Waals surface area contributed by atoms with Gasteiger partial charge in [0.15, 0.2) is 0 Å². The third-order valence-electron chi connectivity index (χ3n) is 4.04. The molecule has 2 aromatic rings. The van der Waals surface area contributed by atoms with E-state index in [1.807, 2.05) is 0 Å². The predicted molar refractivity (Wildman–Crippen MR) is 101 cm³/mol. The minimum atomic E-state index is -3.73. The lowest BCUT2D eigenvalue weighted by Crippen LogP contribution is -2.42. The highest BCUT2D eigenvalue weighted by molar-refractivity contribution is 7.89. The fraction of sp³-hybridized carbons (Fsp3) is 0.167. The molecule has 1 heterocycles. The van der Waals surface area contributed by atoms with Gasteiger partial charge in [0.1, 0.15) is 6.54 Å². The molecule has 28 heavy (non-hydrogen) atoms. The molecule has 0 bridgehead atoms. The molecule has 2 aromatic carbocycles. The fourth-order valence-electron chi connectivity index (χ4n) is 2.67. The highest BCUT2D eigenvalue weighted by atomic mass is 35.5. The van der Waals surface area contributed by atoms with E-state index in [1.165, 1.54) is 36.4 Å². The molecule has 10 heteroatoms. The molecular weight excluding hydrogens is 406 g/mol. The number of benzene rings is 2. The van der Waals surface area contributed by atoms with Gasteiger partial charge in [0.2, 0.25) is 15.9 Å². The van der Waals surface area contributed by atoms with Gasteiger partial charge in [-0.3, -0.25) is 19.3 Å². The van der Waals surface area contributed by atoms with Crippen LogP contribution in [0.4, 0.5) is 0 Å². The molecule has 1 aliphatic heterocycles. The number of carbonyl (C=O) groups excluding carboxylic acids is 3. The smallest absolute Gasteiger partial charge is 0.262 e. The normalized spacial score (nSPS) is 13.5. The van der Waals surface area contributed by atoms with Crippen LogP contribution >= 0.6 is 11.6 Å². The maximum absolute atomic E-state index is 12.2. The lowest BCUT2D eigenvalue weighted by molar-refractivity contribution is -0.121. The van der Waals surface area contributed by atoms with Gasteiger partial charge in [-0.05, 0) is 36.4 Å². The lowest BCUT2D eigenvalue weighted by Gasteiger charge is -2.14. The molecule has 0 unspecified atom stereocenters. The van der Waals surface area contributed by atoms with Crippen LogP contribution in [0.15, 0.2) is 53.4 Å². The maximum atomic E-state index is 12.2. The van der Waals surface area contributed by atoms with Crippen LogP contribution in [0.2, 0.25) is 5.02 Å².